The second-order valence-electron chi connectivity index (χ2n) is 14.0. The van der Waals surface area contributed by atoms with Crippen LogP contribution in [0.3, 0.4) is 0 Å². The van der Waals surface area contributed by atoms with Crippen LogP contribution < -0.4 is 0 Å². The topological polar surface area (TPSA) is 92.8 Å². The Kier molecular flexibility index (Phi) is 15.0. The van der Waals surface area contributed by atoms with Gasteiger partial charge in [0, 0.05) is 19.1 Å². The molecule has 0 radical (unpaired) electrons. The summed E-state index contributed by atoms with van der Waals surface area (Å²) in [6.45, 7) is 10.7. The van der Waals surface area contributed by atoms with E-state index in [0.29, 0.717) is 44.5 Å². The molecule has 3 saturated carbocycles. The number of unbranched alkanes of at least 4 members (excludes halogenated alkanes) is 5. The molecule has 0 N–H and O–H groups in total. The van der Waals surface area contributed by atoms with Gasteiger partial charge in [0.1, 0.15) is 24.5 Å². The van der Waals surface area contributed by atoms with E-state index in [0.717, 1.165) is 109 Å². The molecular formula is C37H59FO8. The smallest absolute Gasteiger partial charge is 0.330 e. The van der Waals surface area contributed by atoms with Gasteiger partial charge in [-0.1, -0.05) is 38.8 Å². The van der Waals surface area contributed by atoms with E-state index in [1.807, 2.05) is 0 Å². The van der Waals surface area contributed by atoms with Crippen LogP contribution in [0.2, 0.25) is 0 Å². The minimum atomic E-state index is -1.10. The fourth-order valence-electron chi connectivity index (χ4n) is 7.98. The van der Waals surface area contributed by atoms with Crippen molar-refractivity contribution in [2.24, 2.45) is 17.8 Å². The van der Waals surface area contributed by atoms with Gasteiger partial charge in [-0.2, -0.15) is 4.89 Å². The monoisotopic (exact) mass is 650 g/mol. The fourth-order valence-corrected chi connectivity index (χ4v) is 7.98. The van der Waals surface area contributed by atoms with Crippen molar-refractivity contribution in [1.29, 1.82) is 0 Å². The molecule has 1 aliphatic heterocycles. The number of esters is 2. The van der Waals surface area contributed by atoms with Gasteiger partial charge in [0.25, 0.3) is 0 Å². The number of halogens is 1. The van der Waals surface area contributed by atoms with Crippen molar-refractivity contribution in [3.8, 4) is 0 Å². The predicted molar refractivity (Wildman–Crippen MR) is 173 cm³/mol. The molecule has 0 aromatic carbocycles. The van der Waals surface area contributed by atoms with Crippen LogP contribution in [-0.4, -0.2) is 61.5 Å². The minimum absolute atomic E-state index is 0.161. The molecule has 262 valence electrons. The lowest BCUT2D eigenvalue weighted by Crippen LogP contribution is -2.40. The van der Waals surface area contributed by atoms with Gasteiger partial charge < -0.3 is 18.9 Å². The average Bonchev–Trinajstić information content (AvgIpc) is 3.67. The van der Waals surface area contributed by atoms with E-state index in [9.17, 15) is 9.59 Å². The van der Waals surface area contributed by atoms with Gasteiger partial charge in [-0.15, -0.1) is 6.58 Å². The third-order valence-corrected chi connectivity index (χ3v) is 10.8. The summed E-state index contributed by atoms with van der Waals surface area (Å²) in [6.07, 6.45) is 18.2. The molecule has 4 fully saturated rings. The zero-order chi connectivity index (χ0) is 32.8. The molecule has 0 aromatic rings. The van der Waals surface area contributed by atoms with Crippen molar-refractivity contribution in [1.82, 2.24) is 0 Å². The first-order valence-corrected chi connectivity index (χ1v) is 18.2. The molecule has 4 atom stereocenters. The van der Waals surface area contributed by atoms with Crippen molar-refractivity contribution < 1.29 is 42.7 Å². The Labute approximate surface area is 276 Å². The lowest BCUT2D eigenvalue weighted by Gasteiger charge is -2.39. The molecule has 0 amide bonds. The lowest BCUT2D eigenvalue weighted by molar-refractivity contribution is -0.354. The molecule has 8 nitrogen and oxygen atoms in total. The van der Waals surface area contributed by atoms with Crippen molar-refractivity contribution in [2.45, 2.75) is 159 Å². The molecule has 4 rings (SSSR count). The molecule has 3 aliphatic carbocycles. The van der Waals surface area contributed by atoms with E-state index in [4.69, 9.17) is 28.7 Å². The van der Waals surface area contributed by atoms with E-state index in [2.05, 4.69) is 20.1 Å². The van der Waals surface area contributed by atoms with E-state index in [-0.39, 0.29) is 29.6 Å². The Bertz CT molecular complexity index is 957. The summed E-state index contributed by atoms with van der Waals surface area (Å²) >= 11 is 0. The number of epoxide rings is 1. The van der Waals surface area contributed by atoms with Crippen LogP contribution in [0, 0.1) is 17.8 Å². The summed E-state index contributed by atoms with van der Waals surface area (Å²) in [5.41, 5.74) is -0.283. The van der Waals surface area contributed by atoms with E-state index in [1.165, 1.54) is 6.08 Å². The van der Waals surface area contributed by atoms with Gasteiger partial charge >= 0.3 is 11.9 Å². The van der Waals surface area contributed by atoms with Crippen LogP contribution in [0.4, 0.5) is 4.39 Å². The Balaban J connectivity index is 1.09. The molecule has 1 spiro atoms. The standard InChI is InChI=1S/C37H59FO8/c1-4-7-10-21-37(46-43-24-5-2)36(45-37)22-19-28(20-23-36)30-15-18-33(32(38)27-30)44-35(40)29-13-16-31(17-14-29)41-25-11-8-9-12-26-42-34(39)6-3/h5-6,28-33H,2-4,7-27H2,1H3. The predicted octanol–water partition coefficient (Wildman–Crippen LogP) is 8.27. The molecule has 9 heteroatoms. The van der Waals surface area contributed by atoms with Crippen molar-refractivity contribution >= 4 is 11.9 Å². The van der Waals surface area contributed by atoms with Gasteiger partial charge in [0.2, 0.25) is 5.79 Å². The molecule has 1 saturated heterocycles. The van der Waals surface area contributed by atoms with Crippen LogP contribution in [0.15, 0.2) is 25.3 Å². The first kappa shape index (κ1) is 37.0. The summed E-state index contributed by atoms with van der Waals surface area (Å²) < 4.78 is 38.6. The highest BCUT2D eigenvalue weighted by Crippen LogP contribution is 2.61. The summed E-state index contributed by atoms with van der Waals surface area (Å²) in [5.74, 6) is -0.640. The number of carbonyl (C=O) groups excluding carboxylic acids is 2. The second kappa shape index (κ2) is 18.7. The van der Waals surface area contributed by atoms with Gasteiger partial charge in [-0.25, -0.2) is 14.1 Å². The molecule has 4 aliphatic rings. The minimum Gasteiger partial charge on any atom is -0.463 e. The third kappa shape index (κ3) is 10.3. The highest BCUT2D eigenvalue weighted by molar-refractivity contribution is 5.81. The first-order chi connectivity index (χ1) is 22.3. The Hall–Kier alpha value is -1.81. The van der Waals surface area contributed by atoms with Crippen LogP contribution in [0.1, 0.15) is 129 Å². The molecule has 1 heterocycles. The number of ether oxygens (including phenoxy) is 4. The molecule has 4 unspecified atom stereocenters. The normalized spacial score (nSPS) is 34.1. The van der Waals surface area contributed by atoms with Crippen molar-refractivity contribution in [2.75, 3.05) is 19.8 Å². The number of hydrogen-bond donors (Lipinski definition) is 0. The largest absolute Gasteiger partial charge is 0.463 e. The van der Waals surface area contributed by atoms with Gasteiger partial charge in [0.05, 0.1) is 18.6 Å². The Morgan fingerprint density at radius 3 is 2.30 bits per heavy atom. The summed E-state index contributed by atoms with van der Waals surface area (Å²) in [5, 5.41) is 0. The molecular weight excluding hydrogens is 591 g/mol. The maximum Gasteiger partial charge on any atom is 0.330 e. The van der Waals surface area contributed by atoms with Crippen LogP contribution in [0.25, 0.3) is 0 Å². The third-order valence-electron chi connectivity index (χ3n) is 10.8. The van der Waals surface area contributed by atoms with E-state index in [1.54, 1.807) is 6.08 Å². The summed E-state index contributed by atoms with van der Waals surface area (Å²) in [4.78, 5) is 35.3. The van der Waals surface area contributed by atoms with Crippen LogP contribution >= 0.6 is 0 Å². The quantitative estimate of drug-likeness (QED) is 0.0247. The average molecular weight is 651 g/mol. The van der Waals surface area contributed by atoms with Crippen molar-refractivity contribution in [3.63, 3.8) is 0 Å². The number of alkyl halides is 1. The maximum atomic E-state index is 15.4. The van der Waals surface area contributed by atoms with E-state index < -0.39 is 18.1 Å². The zero-order valence-electron chi connectivity index (χ0n) is 28.2. The van der Waals surface area contributed by atoms with Gasteiger partial charge in [-0.3, -0.25) is 4.79 Å². The number of rotatable bonds is 20. The first-order valence-electron chi connectivity index (χ1n) is 18.2. The lowest BCUT2D eigenvalue weighted by atomic mass is 9.69. The molecule has 0 bridgehead atoms. The molecule has 46 heavy (non-hydrogen) atoms. The summed E-state index contributed by atoms with van der Waals surface area (Å²) in [6, 6.07) is 0. The van der Waals surface area contributed by atoms with Crippen LogP contribution in [-0.2, 0) is 38.3 Å². The van der Waals surface area contributed by atoms with Gasteiger partial charge in [-0.05, 0) is 108 Å². The van der Waals surface area contributed by atoms with Crippen LogP contribution in [0.5, 0.6) is 0 Å². The summed E-state index contributed by atoms with van der Waals surface area (Å²) in [7, 11) is 0. The van der Waals surface area contributed by atoms with Gasteiger partial charge in [0.15, 0.2) is 0 Å². The molecule has 0 aromatic heterocycles. The number of hydrogen-bond acceptors (Lipinski definition) is 8. The zero-order valence-corrected chi connectivity index (χ0v) is 28.2. The maximum absolute atomic E-state index is 15.4. The highest BCUT2D eigenvalue weighted by atomic mass is 19.1. The Morgan fingerprint density at radius 1 is 0.891 bits per heavy atom. The van der Waals surface area contributed by atoms with Crippen molar-refractivity contribution in [3.05, 3.63) is 25.3 Å². The number of carbonyl (C=O) groups is 2. The highest BCUT2D eigenvalue weighted by Gasteiger charge is 2.72. The SMILES string of the molecule is C=CCOOC1(CCCCC)OC12CCC(C1CCC(OC(=O)C3CCC(OCCCCCCOC(=O)C=C)CC3)C(F)C1)CC2. The Morgan fingerprint density at radius 2 is 1.63 bits per heavy atom. The van der Waals surface area contributed by atoms with E-state index >= 15 is 4.39 Å². The fraction of sp³-hybridized carbons (Fsp3) is 0.838. The second-order valence-corrected chi connectivity index (χ2v) is 14.0.